The normalized spacial score (nSPS) is 16.9. The number of rotatable bonds is 9. The van der Waals surface area contributed by atoms with Crippen molar-refractivity contribution in [2.75, 3.05) is 19.7 Å². The Bertz CT molecular complexity index is 358. The molecule has 0 radical (unpaired) electrons. The van der Waals surface area contributed by atoms with Crippen LogP contribution in [0, 0.1) is 0 Å². The molecule has 5 nitrogen and oxygen atoms in total. The zero-order chi connectivity index (χ0) is 18.1. The highest BCUT2D eigenvalue weighted by Gasteiger charge is 2.24. The summed E-state index contributed by atoms with van der Waals surface area (Å²) in [6, 6.07) is 0. The van der Waals surface area contributed by atoms with Crippen molar-refractivity contribution in [2.45, 2.75) is 96.8 Å². The molecular formula is C19H38N2O3. The summed E-state index contributed by atoms with van der Waals surface area (Å²) >= 11 is 0. The van der Waals surface area contributed by atoms with E-state index < -0.39 is 5.60 Å². The van der Waals surface area contributed by atoms with Crippen molar-refractivity contribution in [3.05, 3.63) is 0 Å². The van der Waals surface area contributed by atoms with Gasteiger partial charge in [-0.1, -0.05) is 19.3 Å². The first-order valence-electron chi connectivity index (χ1n) is 9.51. The number of hydrogen-bond acceptors (Lipinski definition) is 4. The first-order chi connectivity index (χ1) is 11.2. The molecule has 0 spiro atoms. The quantitative estimate of drug-likeness (QED) is 0.622. The number of hydrogen-bond donors (Lipinski definition) is 2. The standard InChI is InChI=1S/C19H38N2O3/c1-18(2,3)24-17(22)21-19(4,5)12-14-20-13-9-15-23-16-10-7-6-8-11-16/h16,20H,6-15H2,1-5H3,(H,21,22). The monoisotopic (exact) mass is 342 g/mol. The minimum Gasteiger partial charge on any atom is -0.444 e. The Morgan fingerprint density at radius 3 is 2.33 bits per heavy atom. The van der Waals surface area contributed by atoms with Gasteiger partial charge < -0.3 is 20.1 Å². The van der Waals surface area contributed by atoms with E-state index in [1.165, 1.54) is 32.1 Å². The SMILES string of the molecule is CC(C)(CCNCCCOC1CCCCC1)NC(=O)OC(C)(C)C. The van der Waals surface area contributed by atoms with Crippen molar-refractivity contribution in [3.8, 4) is 0 Å². The van der Waals surface area contributed by atoms with Gasteiger partial charge in [-0.3, -0.25) is 0 Å². The zero-order valence-electron chi connectivity index (χ0n) is 16.4. The first kappa shape index (κ1) is 21.2. The second kappa shape index (κ2) is 10.2. The maximum Gasteiger partial charge on any atom is 0.408 e. The van der Waals surface area contributed by atoms with E-state index in [0.717, 1.165) is 32.5 Å². The van der Waals surface area contributed by atoms with E-state index in [0.29, 0.717) is 6.10 Å². The van der Waals surface area contributed by atoms with Crippen LogP contribution in [0.15, 0.2) is 0 Å². The molecule has 0 atom stereocenters. The first-order valence-corrected chi connectivity index (χ1v) is 9.51. The summed E-state index contributed by atoms with van der Waals surface area (Å²) in [6.45, 7) is 12.3. The third kappa shape index (κ3) is 10.9. The Hall–Kier alpha value is -0.810. The predicted molar refractivity (Wildman–Crippen MR) is 98.4 cm³/mol. The van der Waals surface area contributed by atoms with Gasteiger partial charge >= 0.3 is 6.09 Å². The van der Waals surface area contributed by atoms with Crippen LogP contribution in [0.3, 0.4) is 0 Å². The molecular weight excluding hydrogens is 304 g/mol. The number of amides is 1. The average molecular weight is 343 g/mol. The van der Waals surface area contributed by atoms with Gasteiger partial charge in [0.2, 0.25) is 0 Å². The second-order valence-electron chi connectivity index (χ2n) is 8.50. The second-order valence-corrected chi connectivity index (χ2v) is 8.50. The molecule has 0 saturated heterocycles. The molecule has 0 heterocycles. The molecule has 0 bridgehead atoms. The Kier molecular flexibility index (Phi) is 9.06. The van der Waals surface area contributed by atoms with Gasteiger partial charge in [-0.05, 0) is 73.4 Å². The smallest absolute Gasteiger partial charge is 0.408 e. The van der Waals surface area contributed by atoms with Crippen LogP contribution in [0.25, 0.3) is 0 Å². The summed E-state index contributed by atoms with van der Waals surface area (Å²) in [7, 11) is 0. The van der Waals surface area contributed by atoms with Crippen molar-refractivity contribution in [1.29, 1.82) is 0 Å². The largest absolute Gasteiger partial charge is 0.444 e. The number of ether oxygens (including phenoxy) is 2. The van der Waals surface area contributed by atoms with E-state index in [1.54, 1.807) is 0 Å². The van der Waals surface area contributed by atoms with E-state index in [2.05, 4.69) is 10.6 Å². The van der Waals surface area contributed by atoms with Crippen LogP contribution in [-0.2, 0) is 9.47 Å². The van der Waals surface area contributed by atoms with Crippen LogP contribution in [0.2, 0.25) is 0 Å². The summed E-state index contributed by atoms with van der Waals surface area (Å²) in [6.07, 6.45) is 8.52. The molecule has 1 amide bonds. The van der Waals surface area contributed by atoms with E-state index in [9.17, 15) is 4.79 Å². The van der Waals surface area contributed by atoms with Crippen LogP contribution in [0.4, 0.5) is 4.79 Å². The molecule has 1 rings (SSSR count). The summed E-state index contributed by atoms with van der Waals surface area (Å²) in [5, 5.41) is 6.36. The van der Waals surface area contributed by atoms with Gasteiger partial charge in [0.05, 0.1) is 6.10 Å². The highest BCUT2D eigenvalue weighted by atomic mass is 16.6. The highest BCUT2D eigenvalue weighted by Crippen LogP contribution is 2.20. The lowest BCUT2D eigenvalue weighted by atomic mass is 9.98. The maximum absolute atomic E-state index is 11.8. The van der Waals surface area contributed by atoms with Crippen LogP contribution in [-0.4, -0.2) is 43.0 Å². The minimum atomic E-state index is -0.462. The van der Waals surface area contributed by atoms with Crippen molar-refractivity contribution < 1.29 is 14.3 Å². The fraction of sp³-hybridized carbons (Fsp3) is 0.947. The lowest BCUT2D eigenvalue weighted by Crippen LogP contribution is -2.47. The van der Waals surface area contributed by atoms with E-state index in [4.69, 9.17) is 9.47 Å². The molecule has 1 saturated carbocycles. The molecule has 0 unspecified atom stereocenters. The predicted octanol–water partition coefficient (Wildman–Crippen LogP) is 4.01. The van der Waals surface area contributed by atoms with Crippen LogP contribution in [0.5, 0.6) is 0 Å². The van der Waals surface area contributed by atoms with Gasteiger partial charge in [0.15, 0.2) is 0 Å². The van der Waals surface area contributed by atoms with Crippen molar-refractivity contribution in [2.24, 2.45) is 0 Å². The summed E-state index contributed by atoms with van der Waals surface area (Å²) < 4.78 is 11.2. The topological polar surface area (TPSA) is 59.6 Å². The van der Waals surface area contributed by atoms with Gasteiger partial charge in [-0.15, -0.1) is 0 Å². The number of carbonyl (C=O) groups is 1. The lowest BCUT2D eigenvalue weighted by Gasteiger charge is -2.28. The van der Waals surface area contributed by atoms with Gasteiger partial charge in [0.25, 0.3) is 0 Å². The Balaban J connectivity index is 2.03. The summed E-state index contributed by atoms with van der Waals surface area (Å²) in [5.41, 5.74) is -0.745. The van der Waals surface area contributed by atoms with E-state index >= 15 is 0 Å². The third-order valence-corrected chi connectivity index (χ3v) is 4.17. The molecule has 24 heavy (non-hydrogen) atoms. The van der Waals surface area contributed by atoms with E-state index in [-0.39, 0.29) is 11.6 Å². The molecule has 5 heteroatoms. The number of nitrogens with one attached hydrogen (secondary N) is 2. The fourth-order valence-corrected chi connectivity index (χ4v) is 2.85. The fourth-order valence-electron chi connectivity index (χ4n) is 2.85. The molecule has 0 aromatic rings. The average Bonchev–Trinajstić information content (AvgIpc) is 2.44. The maximum atomic E-state index is 11.8. The van der Waals surface area contributed by atoms with Gasteiger partial charge in [-0.2, -0.15) is 0 Å². The lowest BCUT2D eigenvalue weighted by molar-refractivity contribution is 0.0273. The molecule has 1 fully saturated rings. The van der Waals surface area contributed by atoms with Gasteiger partial charge in [-0.25, -0.2) is 4.79 Å². The van der Waals surface area contributed by atoms with Gasteiger partial charge in [0, 0.05) is 12.1 Å². The molecule has 1 aliphatic rings. The summed E-state index contributed by atoms with van der Waals surface area (Å²) in [4.78, 5) is 11.8. The minimum absolute atomic E-state index is 0.284. The zero-order valence-corrected chi connectivity index (χ0v) is 16.4. The van der Waals surface area contributed by atoms with Crippen LogP contribution < -0.4 is 10.6 Å². The van der Waals surface area contributed by atoms with Crippen molar-refractivity contribution in [1.82, 2.24) is 10.6 Å². The molecule has 1 aliphatic carbocycles. The molecule has 0 aliphatic heterocycles. The molecule has 0 aromatic carbocycles. The number of carbonyl (C=O) groups excluding carboxylic acids is 1. The van der Waals surface area contributed by atoms with Gasteiger partial charge in [0.1, 0.15) is 5.60 Å². The third-order valence-electron chi connectivity index (χ3n) is 4.17. The van der Waals surface area contributed by atoms with E-state index in [1.807, 2.05) is 34.6 Å². The molecule has 2 N–H and O–H groups in total. The Morgan fingerprint density at radius 1 is 1.04 bits per heavy atom. The molecule has 0 aromatic heterocycles. The van der Waals surface area contributed by atoms with Crippen LogP contribution >= 0.6 is 0 Å². The molecule has 142 valence electrons. The van der Waals surface area contributed by atoms with Crippen molar-refractivity contribution in [3.63, 3.8) is 0 Å². The number of alkyl carbamates (subject to hydrolysis) is 1. The Morgan fingerprint density at radius 2 is 1.71 bits per heavy atom. The van der Waals surface area contributed by atoms with Crippen molar-refractivity contribution >= 4 is 6.09 Å². The summed E-state index contributed by atoms with van der Waals surface area (Å²) in [5.74, 6) is 0. The van der Waals surface area contributed by atoms with Crippen LogP contribution in [0.1, 0.15) is 79.6 Å². The highest BCUT2D eigenvalue weighted by molar-refractivity contribution is 5.68. The Labute approximate surface area is 148 Å².